The maximum Gasteiger partial charge on any atom is 0.416 e. The molecule has 6 nitrogen and oxygen atoms in total. The Kier molecular flexibility index (Phi) is 5.64. The van der Waals surface area contributed by atoms with E-state index in [4.69, 9.17) is 23.2 Å². The molecule has 2 aromatic carbocycles. The van der Waals surface area contributed by atoms with Gasteiger partial charge >= 0.3 is 12.2 Å². The Balaban J connectivity index is 1.88. The fourth-order valence-corrected chi connectivity index (χ4v) is 4.07. The maximum absolute atomic E-state index is 13.7. The lowest BCUT2D eigenvalue weighted by molar-refractivity contribution is -0.137. The van der Waals surface area contributed by atoms with E-state index in [1.807, 2.05) is 0 Å². The van der Waals surface area contributed by atoms with Gasteiger partial charge in [-0.1, -0.05) is 29.3 Å². The van der Waals surface area contributed by atoms with Crippen molar-refractivity contribution in [3.8, 4) is 0 Å². The number of aromatic nitrogens is 1. The molecular formula is C21H15Cl2F3N4O2. The minimum atomic E-state index is -4.70. The fraction of sp³-hybridized carbons (Fsp3) is 0.190. The summed E-state index contributed by atoms with van der Waals surface area (Å²) in [5, 5.41) is 2.62. The van der Waals surface area contributed by atoms with Crippen molar-refractivity contribution in [3.05, 3.63) is 63.8 Å². The second-order valence-electron chi connectivity index (χ2n) is 7.15. The number of anilines is 2. The van der Waals surface area contributed by atoms with Crippen molar-refractivity contribution in [2.45, 2.75) is 6.18 Å². The van der Waals surface area contributed by atoms with Crippen LogP contribution in [0.3, 0.4) is 0 Å². The highest BCUT2D eigenvalue weighted by Crippen LogP contribution is 2.39. The second-order valence-corrected chi connectivity index (χ2v) is 7.97. The van der Waals surface area contributed by atoms with Gasteiger partial charge in [0.15, 0.2) is 0 Å². The summed E-state index contributed by atoms with van der Waals surface area (Å²) in [6, 6.07) is 7.26. The summed E-state index contributed by atoms with van der Waals surface area (Å²) >= 11 is 12.1. The number of carbonyl (C=O) groups is 2. The normalized spacial score (nSPS) is 14.4. The molecule has 2 heterocycles. The number of nitrogens with one attached hydrogen (secondary N) is 1. The van der Waals surface area contributed by atoms with Crippen molar-refractivity contribution in [1.82, 2.24) is 9.88 Å². The van der Waals surface area contributed by atoms with Gasteiger partial charge in [0, 0.05) is 31.7 Å². The van der Waals surface area contributed by atoms with Crippen molar-refractivity contribution in [1.29, 1.82) is 0 Å². The number of halogens is 5. The predicted octanol–water partition coefficient (Wildman–Crippen LogP) is 5.68. The van der Waals surface area contributed by atoms with E-state index in [9.17, 15) is 22.8 Å². The van der Waals surface area contributed by atoms with Gasteiger partial charge in [-0.25, -0.2) is 4.79 Å². The summed E-state index contributed by atoms with van der Waals surface area (Å²) < 4.78 is 41.0. The average molecular weight is 483 g/mol. The lowest BCUT2D eigenvalue weighted by Gasteiger charge is -2.20. The van der Waals surface area contributed by atoms with Gasteiger partial charge in [0.1, 0.15) is 0 Å². The van der Waals surface area contributed by atoms with Gasteiger partial charge in [-0.15, -0.1) is 0 Å². The Morgan fingerprint density at radius 3 is 2.41 bits per heavy atom. The van der Waals surface area contributed by atoms with Crippen LogP contribution in [0.25, 0.3) is 10.9 Å². The Morgan fingerprint density at radius 1 is 1.12 bits per heavy atom. The van der Waals surface area contributed by atoms with E-state index in [-0.39, 0.29) is 43.9 Å². The van der Waals surface area contributed by atoms with Crippen LogP contribution >= 0.6 is 23.2 Å². The molecule has 1 saturated heterocycles. The third kappa shape index (κ3) is 3.93. The molecule has 1 N–H and O–H groups in total. The fourth-order valence-electron chi connectivity index (χ4n) is 3.51. The number of benzene rings is 2. The zero-order chi connectivity index (χ0) is 23.2. The van der Waals surface area contributed by atoms with Crippen molar-refractivity contribution >= 4 is 57.4 Å². The molecule has 3 aromatic rings. The van der Waals surface area contributed by atoms with Crippen molar-refractivity contribution in [3.63, 3.8) is 0 Å². The van der Waals surface area contributed by atoms with Crippen molar-refractivity contribution in [2.24, 2.45) is 0 Å². The Labute approximate surface area is 190 Å². The standard InChI is InChI=1S/C21H15Cl2F3N4O2/c1-29-7-8-30(20(29)32)16-5-6-27-18-12(16)9-11(21(24,25)26)10-15(18)28-19(31)17-13(22)3-2-4-14(17)23/h2-6,9-10H,7-8H2,1H3,(H,28,31). The molecule has 0 radical (unpaired) electrons. The first-order valence-corrected chi connectivity index (χ1v) is 10.1. The molecule has 1 aromatic heterocycles. The molecule has 4 rings (SSSR count). The second kappa shape index (κ2) is 8.14. The van der Waals surface area contributed by atoms with Gasteiger partial charge in [-0.05, 0) is 30.3 Å². The quantitative estimate of drug-likeness (QED) is 0.521. The number of urea groups is 1. The number of hydrogen-bond donors (Lipinski definition) is 1. The number of pyridine rings is 1. The number of hydrogen-bond acceptors (Lipinski definition) is 3. The Morgan fingerprint density at radius 2 is 1.81 bits per heavy atom. The smallest absolute Gasteiger partial charge is 0.326 e. The summed E-state index contributed by atoms with van der Waals surface area (Å²) in [4.78, 5) is 32.3. The molecule has 0 atom stereocenters. The van der Waals surface area contributed by atoms with Crippen LogP contribution in [-0.4, -0.2) is 42.0 Å². The van der Waals surface area contributed by atoms with Crippen LogP contribution in [0, 0.1) is 0 Å². The Bertz CT molecular complexity index is 1230. The number of nitrogens with zero attached hydrogens (tertiary/aromatic N) is 3. The van der Waals surface area contributed by atoms with E-state index in [1.54, 1.807) is 13.1 Å². The van der Waals surface area contributed by atoms with Crippen LogP contribution in [0.5, 0.6) is 0 Å². The molecule has 0 spiro atoms. The van der Waals surface area contributed by atoms with Crippen LogP contribution in [0.4, 0.5) is 29.3 Å². The largest absolute Gasteiger partial charge is 0.416 e. The molecule has 1 aliphatic heterocycles. The van der Waals surface area contributed by atoms with Crippen molar-refractivity contribution < 1.29 is 22.8 Å². The van der Waals surface area contributed by atoms with Crippen LogP contribution in [-0.2, 0) is 6.18 Å². The summed E-state index contributed by atoms with van der Waals surface area (Å²) in [6.07, 6.45) is -3.33. The highest BCUT2D eigenvalue weighted by Gasteiger charge is 2.34. The molecular weight excluding hydrogens is 468 g/mol. The Hall–Kier alpha value is -3.04. The molecule has 32 heavy (non-hydrogen) atoms. The summed E-state index contributed by atoms with van der Waals surface area (Å²) in [7, 11) is 1.60. The third-order valence-electron chi connectivity index (χ3n) is 5.09. The SMILES string of the molecule is CN1CCN(c2ccnc3c(NC(=O)c4c(Cl)cccc4Cl)cc(C(F)(F)F)cc23)C1=O. The molecule has 0 aliphatic carbocycles. The molecule has 1 aliphatic rings. The molecule has 0 saturated carbocycles. The highest BCUT2D eigenvalue weighted by atomic mass is 35.5. The lowest BCUT2D eigenvalue weighted by atomic mass is 10.1. The average Bonchev–Trinajstić information content (AvgIpc) is 3.05. The first-order chi connectivity index (χ1) is 15.1. The van der Waals surface area contributed by atoms with Crippen LogP contribution in [0.2, 0.25) is 10.0 Å². The van der Waals surface area contributed by atoms with Gasteiger partial charge in [-0.3, -0.25) is 14.7 Å². The van der Waals surface area contributed by atoms with Crippen molar-refractivity contribution in [2.75, 3.05) is 30.4 Å². The van der Waals surface area contributed by atoms with Gasteiger partial charge in [0.2, 0.25) is 0 Å². The number of likely N-dealkylation sites (N-methyl/N-ethyl adjacent to an activating group) is 1. The molecule has 1 fully saturated rings. The van der Waals surface area contributed by atoms with E-state index in [1.165, 1.54) is 34.2 Å². The first kappa shape index (κ1) is 22.2. The van der Waals surface area contributed by atoms with Crippen LogP contribution in [0.15, 0.2) is 42.6 Å². The minimum absolute atomic E-state index is 0.0469. The number of fused-ring (bicyclic) bond motifs is 1. The van der Waals surface area contributed by atoms with E-state index in [2.05, 4.69) is 10.3 Å². The maximum atomic E-state index is 13.7. The number of carbonyl (C=O) groups excluding carboxylic acids is 2. The number of rotatable bonds is 3. The van der Waals surface area contributed by atoms with Gasteiger partial charge < -0.3 is 10.2 Å². The topological polar surface area (TPSA) is 65.5 Å². The molecule has 11 heteroatoms. The van der Waals surface area contributed by atoms with Gasteiger partial charge in [0.05, 0.1) is 38.1 Å². The minimum Gasteiger partial charge on any atom is -0.326 e. The predicted molar refractivity (Wildman–Crippen MR) is 117 cm³/mol. The zero-order valence-corrected chi connectivity index (χ0v) is 18.0. The van der Waals surface area contributed by atoms with Crippen LogP contribution < -0.4 is 10.2 Å². The van der Waals surface area contributed by atoms with E-state index < -0.39 is 17.6 Å². The molecule has 3 amide bonds. The molecule has 0 bridgehead atoms. The number of alkyl halides is 3. The summed E-state index contributed by atoms with van der Waals surface area (Å²) in [5.41, 5.74) is -0.900. The first-order valence-electron chi connectivity index (χ1n) is 9.36. The number of amides is 3. The van der Waals surface area contributed by atoms with Crippen LogP contribution in [0.1, 0.15) is 15.9 Å². The van der Waals surface area contributed by atoms with Gasteiger partial charge in [-0.2, -0.15) is 13.2 Å². The zero-order valence-electron chi connectivity index (χ0n) is 16.5. The van der Waals surface area contributed by atoms with E-state index >= 15 is 0 Å². The highest BCUT2D eigenvalue weighted by molar-refractivity contribution is 6.40. The summed E-state index contributed by atoms with van der Waals surface area (Å²) in [5.74, 6) is -0.787. The summed E-state index contributed by atoms with van der Waals surface area (Å²) in [6.45, 7) is 0.734. The van der Waals surface area contributed by atoms with E-state index in [0.29, 0.717) is 13.1 Å². The van der Waals surface area contributed by atoms with E-state index in [0.717, 1.165) is 12.1 Å². The van der Waals surface area contributed by atoms with Gasteiger partial charge in [0.25, 0.3) is 5.91 Å². The molecule has 0 unspecified atom stereocenters. The third-order valence-corrected chi connectivity index (χ3v) is 5.72. The molecule has 166 valence electrons. The lowest BCUT2D eigenvalue weighted by Crippen LogP contribution is -2.29. The monoisotopic (exact) mass is 482 g/mol.